The van der Waals surface area contributed by atoms with E-state index < -0.39 is 5.54 Å². The Labute approximate surface area is 177 Å². The molecule has 1 unspecified atom stereocenters. The van der Waals surface area contributed by atoms with Crippen LogP contribution in [-0.2, 0) is 11.3 Å². The van der Waals surface area contributed by atoms with E-state index >= 15 is 0 Å². The van der Waals surface area contributed by atoms with Crippen molar-refractivity contribution < 1.29 is 4.79 Å². The normalized spacial score (nSPS) is 22.4. The quantitative estimate of drug-likeness (QED) is 0.756. The molecular formula is C22H31N7O. The zero-order valence-electron chi connectivity index (χ0n) is 17.7. The summed E-state index contributed by atoms with van der Waals surface area (Å²) in [5.74, 6) is 1.81. The molecule has 3 heterocycles. The number of hydrogen-bond acceptors (Lipinski definition) is 6. The number of piperidine rings is 1. The van der Waals surface area contributed by atoms with Crippen LogP contribution < -0.4 is 10.2 Å². The number of para-hydroxylation sites is 1. The molecule has 1 aliphatic carbocycles. The number of likely N-dealkylation sites (tertiary alicyclic amines) is 1. The summed E-state index contributed by atoms with van der Waals surface area (Å²) >= 11 is 0. The number of nitrogens with zero attached hydrogens (tertiary/aromatic N) is 6. The molecule has 2 aromatic rings. The monoisotopic (exact) mass is 409 g/mol. The van der Waals surface area contributed by atoms with Gasteiger partial charge in [-0.1, -0.05) is 31.5 Å². The molecule has 1 saturated carbocycles. The number of aromatic nitrogens is 4. The summed E-state index contributed by atoms with van der Waals surface area (Å²) in [7, 11) is 0. The highest BCUT2D eigenvalue weighted by molar-refractivity contribution is 5.93. The van der Waals surface area contributed by atoms with E-state index in [0.29, 0.717) is 12.6 Å². The van der Waals surface area contributed by atoms with E-state index in [1.165, 1.54) is 12.8 Å². The number of benzene rings is 1. The Morgan fingerprint density at radius 1 is 1.20 bits per heavy atom. The van der Waals surface area contributed by atoms with Crippen LogP contribution >= 0.6 is 0 Å². The standard InChI is InChI=1S/C22H31N7O/c1-2-3-13-29-20(24-25-26-29)19(17-9-10-17)27-14-11-22(12-15-27)21(30)23-16-28(22)18-7-5-4-6-8-18/h4-8,17,19H,2-3,9-16H2,1H3,(H,23,30). The van der Waals surface area contributed by atoms with Gasteiger partial charge in [-0.25, -0.2) is 4.68 Å². The number of tetrazole rings is 1. The number of amides is 1. The first-order valence-electron chi connectivity index (χ1n) is 11.3. The summed E-state index contributed by atoms with van der Waals surface area (Å²) in [4.78, 5) is 17.8. The van der Waals surface area contributed by atoms with Crippen molar-refractivity contribution in [1.82, 2.24) is 30.4 Å². The Morgan fingerprint density at radius 2 is 1.97 bits per heavy atom. The van der Waals surface area contributed by atoms with Crippen LogP contribution in [0.4, 0.5) is 5.69 Å². The van der Waals surface area contributed by atoms with E-state index in [0.717, 1.165) is 56.8 Å². The largest absolute Gasteiger partial charge is 0.339 e. The van der Waals surface area contributed by atoms with Gasteiger partial charge in [-0.15, -0.1) is 5.10 Å². The molecule has 1 spiro atoms. The van der Waals surface area contributed by atoms with Crippen LogP contribution in [0.1, 0.15) is 57.3 Å². The molecule has 0 radical (unpaired) electrons. The average molecular weight is 410 g/mol. The van der Waals surface area contributed by atoms with E-state index in [1.807, 2.05) is 22.9 Å². The van der Waals surface area contributed by atoms with Gasteiger partial charge in [0.05, 0.1) is 12.7 Å². The number of carbonyl (C=O) groups is 1. The Balaban J connectivity index is 1.35. The SMILES string of the molecule is CCCCn1nnnc1C(C1CC1)N1CCC2(CC1)C(=O)NCN2c1ccccc1. The Morgan fingerprint density at radius 3 is 2.67 bits per heavy atom. The predicted molar refractivity (Wildman–Crippen MR) is 114 cm³/mol. The fraction of sp³-hybridized carbons (Fsp3) is 0.636. The molecule has 0 bridgehead atoms. The number of unbranched alkanes of at least 4 members (excludes halogenated alkanes) is 1. The van der Waals surface area contributed by atoms with E-state index in [4.69, 9.17) is 0 Å². The van der Waals surface area contributed by atoms with E-state index in [1.54, 1.807) is 0 Å². The van der Waals surface area contributed by atoms with E-state index in [9.17, 15) is 4.79 Å². The zero-order chi connectivity index (χ0) is 20.6. The lowest BCUT2D eigenvalue weighted by Crippen LogP contribution is -2.57. The third-order valence-corrected chi connectivity index (χ3v) is 7.04. The highest BCUT2D eigenvalue weighted by Crippen LogP contribution is 2.46. The second-order valence-electron chi connectivity index (χ2n) is 8.89. The molecule has 1 amide bonds. The van der Waals surface area contributed by atoms with Gasteiger partial charge in [0.2, 0.25) is 5.91 Å². The maximum absolute atomic E-state index is 13.0. The van der Waals surface area contributed by atoms with E-state index in [-0.39, 0.29) is 11.9 Å². The molecule has 30 heavy (non-hydrogen) atoms. The molecule has 1 aromatic carbocycles. The first kappa shape index (κ1) is 19.5. The molecule has 3 aliphatic rings. The van der Waals surface area contributed by atoms with Crippen LogP contribution in [0.2, 0.25) is 0 Å². The summed E-state index contributed by atoms with van der Waals surface area (Å²) in [5.41, 5.74) is 0.673. The number of anilines is 1. The van der Waals surface area contributed by atoms with Crippen molar-refractivity contribution in [2.75, 3.05) is 24.7 Å². The summed E-state index contributed by atoms with van der Waals surface area (Å²) in [6, 6.07) is 10.6. The molecular weight excluding hydrogens is 378 g/mol. The van der Waals surface area contributed by atoms with Crippen molar-refractivity contribution >= 4 is 11.6 Å². The summed E-state index contributed by atoms with van der Waals surface area (Å²) in [6.45, 7) is 5.43. The molecule has 3 fully saturated rings. The molecule has 1 aromatic heterocycles. The minimum Gasteiger partial charge on any atom is -0.339 e. The number of carbonyl (C=O) groups excluding carboxylic acids is 1. The van der Waals surface area contributed by atoms with E-state index in [2.05, 4.69) is 49.7 Å². The van der Waals surface area contributed by atoms with Crippen molar-refractivity contribution in [3.05, 3.63) is 36.2 Å². The third kappa shape index (κ3) is 3.37. The van der Waals surface area contributed by atoms with Gasteiger partial charge in [-0.2, -0.15) is 0 Å². The molecule has 1 N–H and O–H groups in total. The molecule has 2 saturated heterocycles. The van der Waals surface area contributed by atoms with Crippen molar-refractivity contribution in [2.24, 2.45) is 5.92 Å². The number of hydrogen-bond donors (Lipinski definition) is 1. The second kappa shape index (κ2) is 7.98. The number of aryl methyl sites for hydroxylation is 1. The van der Waals surface area contributed by atoms with Crippen LogP contribution in [0.25, 0.3) is 0 Å². The van der Waals surface area contributed by atoms with Gasteiger partial charge in [-0.3, -0.25) is 9.69 Å². The second-order valence-corrected chi connectivity index (χ2v) is 8.89. The predicted octanol–water partition coefficient (Wildman–Crippen LogP) is 2.35. The van der Waals surface area contributed by atoms with Crippen molar-refractivity contribution in [1.29, 1.82) is 0 Å². The molecule has 8 heteroatoms. The van der Waals surface area contributed by atoms with Crippen molar-refractivity contribution in [2.45, 2.75) is 63.6 Å². The molecule has 160 valence electrons. The fourth-order valence-corrected chi connectivity index (χ4v) is 5.18. The zero-order valence-corrected chi connectivity index (χ0v) is 17.7. The Hall–Kier alpha value is -2.48. The fourth-order valence-electron chi connectivity index (χ4n) is 5.18. The first-order valence-corrected chi connectivity index (χ1v) is 11.3. The van der Waals surface area contributed by atoms with Crippen LogP contribution in [0.5, 0.6) is 0 Å². The topological polar surface area (TPSA) is 79.2 Å². The highest BCUT2D eigenvalue weighted by atomic mass is 16.2. The highest BCUT2D eigenvalue weighted by Gasteiger charge is 2.52. The Kier molecular flexibility index (Phi) is 5.18. The van der Waals surface area contributed by atoms with Crippen LogP contribution in [0.3, 0.4) is 0 Å². The van der Waals surface area contributed by atoms with Gasteiger partial charge in [0.1, 0.15) is 5.54 Å². The summed E-state index contributed by atoms with van der Waals surface area (Å²) < 4.78 is 2.01. The number of rotatable bonds is 7. The van der Waals surface area contributed by atoms with Gasteiger partial charge in [0.15, 0.2) is 5.82 Å². The minimum atomic E-state index is -0.444. The Bertz CT molecular complexity index is 871. The lowest BCUT2D eigenvalue weighted by molar-refractivity contribution is -0.125. The smallest absolute Gasteiger partial charge is 0.247 e. The van der Waals surface area contributed by atoms with Gasteiger partial charge < -0.3 is 10.2 Å². The summed E-state index contributed by atoms with van der Waals surface area (Å²) in [6.07, 6.45) is 6.35. The maximum atomic E-state index is 13.0. The molecule has 1 atom stereocenters. The minimum absolute atomic E-state index is 0.168. The molecule has 2 aliphatic heterocycles. The first-order chi connectivity index (χ1) is 14.7. The lowest BCUT2D eigenvalue weighted by atomic mass is 9.84. The average Bonchev–Trinajstić information content (AvgIpc) is 3.43. The van der Waals surface area contributed by atoms with Gasteiger partial charge >= 0.3 is 0 Å². The van der Waals surface area contributed by atoms with Gasteiger partial charge in [-0.05, 0) is 60.6 Å². The van der Waals surface area contributed by atoms with Crippen LogP contribution in [-0.4, -0.2) is 56.3 Å². The maximum Gasteiger partial charge on any atom is 0.247 e. The van der Waals surface area contributed by atoms with Gasteiger partial charge in [0, 0.05) is 25.3 Å². The lowest BCUT2D eigenvalue weighted by Gasteiger charge is -2.45. The summed E-state index contributed by atoms with van der Waals surface area (Å²) in [5, 5.41) is 15.8. The third-order valence-electron chi connectivity index (χ3n) is 7.04. The van der Waals surface area contributed by atoms with Crippen molar-refractivity contribution in [3.63, 3.8) is 0 Å². The molecule has 8 nitrogen and oxygen atoms in total. The van der Waals surface area contributed by atoms with Crippen molar-refractivity contribution in [3.8, 4) is 0 Å². The van der Waals surface area contributed by atoms with Gasteiger partial charge in [0.25, 0.3) is 0 Å². The molecule has 5 rings (SSSR count). The van der Waals surface area contributed by atoms with Crippen LogP contribution in [0, 0.1) is 5.92 Å². The number of nitrogens with one attached hydrogen (secondary N) is 1. The van der Waals surface area contributed by atoms with Crippen LogP contribution in [0.15, 0.2) is 30.3 Å².